The van der Waals surface area contributed by atoms with Gasteiger partial charge < -0.3 is 0 Å². The Bertz CT molecular complexity index is 263. The molecule has 2 heteroatoms. The number of halogens is 1. The van der Waals surface area contributed by atoms with Crippen LogP contribution in [0.1, 0.15) is 33.1 Å². The molecule has 0 aromatic heterocycles. The third-order valence-corrected chi connectivity index (χ3v) is 2.28. The summed E-state index contributed by atoms with van der Waals surface area (Å²) in [6, 6.07) is 0. The van der Waals surface area contributed by atoms with Gasteiger partial charge >= 0.3 is 0 Å². The van der Waals surface area contributed by atoms with Gasteiger partial charge in [0.2, 0.25) is 0 Å². The highest BCUT2D eigenvalue weighted by Crippen LogP contribution is 2.26. The van der Waals surface area contributed by atoms with Gasteiger partial charge in [0.1, 0.15) is 11.6 Å². The molecule has 0 N–H and O–H groups in total. The standard InChI is InChI=1S/C11H15FO/c1-3-10(13)7-9-6-8(2)4-5-11(9)12/h4-5,8H,3,6-7H2,1-2H3. The van der Waals surface area contributed by atoms with Crippen molar-refractivity contribution in [3.8, 4) is 0 Å². The third kappa shape index (κ3) is 2.79. The number of allylic oxidation sites excluding steroid dienone is 4. The molecule has 0 spiro atoms. The van der Waals surface area contributed by atoms with E-state index >= 15 is 0 Å². The number of hydrogen-bond donors (Lipinski definition) is 0. The normalized spacial score (nSPS) is 22.2. The summed E-state index contributed by atoms with van der Waals surface area (Å²) in [6.45, 7) is 3.84. The smallest absolute Gasteiger partial charge is 0.136 e. The van der Waals surface area contributed by atoms with Crippen LogP contribution in [0.2, 0.25) is 0 Å². The maximum Gasteiger partial charge on any atom is 0.136 e. The van der Waals surface area contributed by atoms with E-state index in [2.05, 4.69) is 0 Å². The average Bonchev–Trinajstić information content (AvgIpc) is 2.11. The van der Waals surface area contributed by atoms with Crippen LogP contribution >= 0.6 is 0 Å². The number of carbonyl (C=O) groups excluding carboxylic acids is 1. The van der Waals surface area contributed by atoms with Crippen molar-refractivity contribution in [1.29, 1.82) is 0 Å². The average molecular weight is 182 g/mol. The number of ketones is 1. The van der Waals surface area contributed by atoms with Crippen molar-refractivity contribution in [1.82, 2.24) is 0 Å². The number of rotatable bonds is 3. The van der Waals surface area contributed by atoms with Crippen LogP contribution in [0.15, 0.2) is 23.6 Å². The van der Waals surface area contributed by atoms with Gasteiger partial charge in [0.15, 0.2) is 0 Å². The van der Waals surface area contributed by atoms with E-state index in [0.29, 0.717) is 24.3 Å². The Morgan fingerprint density at radius 2 is 2.38 bits per heavy atom. The van der Waals surface area contributed by atoms with Crippen LogP contribution in [-0.4, -0.2) is 5.78 Å². The van der Waals surface area contributed by atoms with E-state index in [1.165, 1.54) is 6.08 Å². The highest BCUT2D eigenvalue weighted by molar-refractivity contribution is 5.80. The molecule has 0 aromatic rings. The van der Waals surface area contributed by atoms with Crippen molar-refractivity contribution in [2.24, 2.45) is 5.92 Å². The van der Waals surface area contributed by atoms with Crippen LogP contribution < -0.4 is 0 Å². The topological polar surface area (TPSA) is 17.1 Å². The predicted octanol–water partition coefficient (Wildman–Crippen LogP) is 3.18. The van der Waals surface area contributed by atoms with Crippen LogP contribution in [0.4, 0.5) is 4.39 Å². The molecule has 1 aliphatic carbocycles. The molecule has 0 fully saturated rings. The van der Waals surface area contributed by atoms with Crippen LogP contribution in [-0.2, 0) is 4.79 Å². The predicted molar refractivity (Wildman–Crippen MR) is 51.0 cm³/mol. The lowest BCUT2D eigenvalue weighted by molar-refractivity contribution is -0.118. The Labute approximate surface area is 78.3 Å². The van der Waals surface area contributed by atoms with Crippen molar-refractivity contribution in [2.45, 2.75) is 33.1 Å². The van der Waals surface area contributed by atoms with Gasteiger partial charge in [-0.2, -0.15) is 0 Å². The van der Waals surface area contributed by atoms with Crippen molar-refractivity contribution in [3.05, 3.63) is 23.6 Å². The summed E-state index contributed by atoms with van der Waals surface area (Å²) in [6.07, 6.45) is 4.79. The van der Waals surface area contributed by atoms with Crippen molar-refractivity contribution in [3.63, 3.8) is 0 Å². The molecule has 72 valence electrons. The monoisotopic (exact) mass is 182 g/mol. The maximum atomic E-state index is 13.2. The van der Waals surface area contributed by atoms with Gasteiger partial charge in [-0.15, -0.1) is 0 Å². The van der Waals surface area contributed by atoms with Crippen molar-refractivity contribution < 1.29 is 9.18 Å². The molecule has 13 heavy (non-hydrogen) atoms. The molecule has 0 aromatic carbocycles. The van der Waals surface area contributed by atoms with E-state index in [4.69, 9.17) is 0 Å². The second-order valence-corrected chi connectivity index (χ2v) is 3.56. The summed E-state index contributed by atoms with van der Waals surface area (Å²) in [7, 11) is 0. The first-order valence-corrected chi connectivity index (χ1v) is 4.71. The molecule has 1 atom stereocenters. The van der Waals surface area contributed by atoms with Gasteiger partial charge in [0.05, 0.1) is 0 Å². The van der Waals surface area contributed by atoms with Gasteiger partial charge in [-0.25, -0.2) is 4.39 Å². The second kappa shape index (κ2) is 4.35. The van der Waals surface area contributed by atoms with E-state index in [-0.39, 0.29) is 18.0 Å². The van der Waals surface area contributed by atoms with Gasteiger partial charge in [-0.1, -0.05) is 19.9 Å². The zero-order valence-electron chi connectivity index (χ0n) is 8.14. The fraction of sp³-hybridized carbons (Fsp3) is 0.545. The Morgan fingerprint density at radius 1 is 1.69 bits per heavy atom. The first kappa shape index (κ1) is 10.2. The summed E-state index contributed by atoms with van der Waals surface area (Å²) in [5.41, 5.74) is 0.668. The summed E-state index contributed by atoms with van der Waals surface area (Å²) >= 11 is 0. The molecule has 0 amide bonds. The van der Waals surface area contributed by atoms with Crippen LogP contribution in [0.5, 0.6) is 0 Å². The first-order chi connectivity index (χ1) is 6.13. The molecule has 1 aliphatic rings. The molecule has 1 nitrogen and oxygen atoms in total. The lowest BCUT2D eigenvalue weighted by Crippen LogP contribution is -2.05. The first-order valence-electron chi connectivity index (χ1n) is 4.71. The minimum absolute atomic E-state index is 0.118. The SMILES string of the molecule is CCC(=O)CC1=C(F)C=CC(C)C1. The zero-order valence-corrected chi connectivity index (χ0v) is 8.14. The van der Waals surface area contributed by atoms with E-state index in [1.54, 1.807) is 0 Å². The molecular weight excluding hydrogens is 167 g/mol. The zero-order chi connectivity index (χ0) is 9.84. The second-order valence-electron chi connectivity index (χ2n) is 3.56. The van der Waals surface area contributed by atoms with Crippen LogP contribution in [0.25, 0.3) is 0 Å². The maximum absolute atomic E-state index is 13.2. The van der Waals surface area contributed by atoms with E-state index in [0.717, 1.165) is 0 Å². The fourth-order valence-electron chi connectivity index (χ4n) is 1.44. The molecule has 0 bridgehead atoms. The quantitative estimate of drug-likeness (QED) is 0.655. The Morgan fingerprint density at radius 3 is 3.00 bits per heavy atom. The molecule has 0 radical (unpaired) electrons. The van der Waals surface area contributed by atoms with Gasteiger partial charge in [0.25, 0.3) is 0 Å². The van der Waals surface area contributed by atoms with E-state index < -0.39 is 0 Å². The molecule has 0 aliphatic heterocycles. The van der Waals surface area contributed by atoms with Crippen molar-refractivity contribution >= 4 is 5.78 Å². The van der Waals surface area contributed by atoms with Gasteiger partial charge in [0, 0.05) is 12.8 Å². The van der Waals surface area contributed by atoms with Crippen molar-refractivity contribution in [2.75, 3.05) is 0 Å². The van der Waals surface area contributed by atoms with Gasteiger partial charge in [-0.3, -0.25) is 4.79 Å². The number of Topliss-reactive ketones (excluding diaryl/α,β-unsaturated/α-hetero) is 1. The molecule has 0 heterocycles. The largest absolute Gasteiger partial charge is 0.299 e. The lowest BCUT2D eigenvalue weighted by Gasteiger charge is -2.14. The Hall–Kier alpha value is -0.920. The highest BCUT2D eigenvalue weighted by Gasteiger charge is 2.15. The molecule has 0 saturated carbocycles. The highest BCUT2D eigenvalue weighted by atomic mass is 19.1. The summed E-state index contributed by atoms with van der Waals surface area (Å²) < 4.78 is 13.2. The lowest BCUT2D eigenvalue weighted by atomic mass is 9.92. The number of carbonyl (C=O) groups is 1. The molecule has 1 rings (SSSR count). The molecule has 0 saturated heterocycles. The fourth-order valence-corrected chi connectivity index (χ4v) is 1.44. The third-order valence-electron chi connectivity index (χ3n) is 2.28. The van der Waals surface area contributed by atoms with Crippen LogP contribution in [0.3, 0.4) is 0 Å². The number of hydrogen-bond acceptors (Lipinski definition) is 1. The summed E-state index contributed by atoms with van der Waals surface area (Å²) in [5.74, 6) is 0.270. The van der Waals surface area contributed by atoms with E-state index in [9.17, 15) is 9.18 Å². The van der Waals surface area contributed by atoms with Crippen LogP contribution in [0, 0.1) is 5.92 Å². The minimum Gasteiger partial charge on any atom is -0.299 e. The summed E-state index contributed by atoms with van der Waals surface area (Å²) in [4.78, 5) is 11.1. The molecule has 1 unspecified atom stereocenters. The minimum atomic E-state index is -0.208. The van der Waals surface area contributed by atoms with E-state index in [1.807, 2.05) is 19.9 Å². The summed E-state index contributed by atoms with van der Waals surface area (Å²) in [5, 5.41) is 0. The van der Waals surface area contributed by atoms with Gasteiger partial charge in [-0.05, 0) is 24.0 Å². The Kier molecular flexibility index (Phi) is 3.40. The molecular formula is C11H15FO. The Balaban J connectivity index is 2.67.